The van der Waals surface area contributed by atoms with Crippen LogP contribution >= 0.6 is 0 Å². The minimum atomic E-state index is 0.112. The molecule has 0 aliphatic carbocycles. The van der Waals surface area contributed by atoms with E-state index < -0.39 is 0 Å². The van der Waals surface area contributed by atoms with Crippen LogP contribution in [0.2, 0.25) is 0 Å². The largest absolute Gasteiger partial charge is 0.490 e. The minimum Gasteiger partial charge on any atom is -0.490 e. The molecule has 0 radical (unpaired) electrons. The molecule has 3 rings (SSSR count). The first-order valence-corrected chi connectivity index (χ1v) is 19.4. The average molecular weight is 677 g/mol. The van der Waals surface area contributed by atoms with Crippen LogP contribution in [-0.4, -0.2) is 38.8 Å². The Morgan fingerprint density at radius 2 is 0.980 bits per heavy atom. The SMILES string of the molecule is C=CCCCCC(=O)c1cc2c(OCCCC)c(OCCCC)c(OCCCC)cc2c2cc(OCCCCC)c(OCCCCC)cc12. The number of ketones is 1. The Balaban J connectivity index is 2.35. The summed E-state index contributed by atoms with van der Waals surface area (Å²) in [4.78, 5) is 14.1. The molecular weight excluding hydrogens is 612 g/mol. The van der Waals surface area contributed by atoms with Gasteiger partial charge < -0.3 is 23.7 Å². The van der Waals surface area contributed by atoms with Crippen LogP contribution in [0.5, 0.6) is 28.7 Å². The van der Waals surface area contributed by atoms with Crippen LogP contribution in [0, 0.1) is 0 Å². The molecule has 0 saturated carbocycles. The fraction of sp³-hybridized carbons (Fsp3) is 0.605. The second-order valence-corrected chi connectivity index (χ2v) is 13.1. The Bertz CT molecular complexity index is 1430. The maximum atomic E-state index is 14.1. The Morgan fingerprint density at radius 3 is 1.55 bits per heavy atom. The molecule has 49 heavy (non-hydrogen) atoms. The first-order valence-electron chi connectivity index (χ1n) is 19.4. The highest BCUT2D eigenvalue weighted by atomic mass is 16.5. The van der Waals surface area contributed by atoms with Gasteiger partial charge in [0.15, 0.2) is 28.8 Å². The van der Waals surface area contributed by atoms with Crippen LogP contribution < -0.4 is 23.7 Å². The third kappa shape index (κ3) is 12.2. The smallest absolute Gasteiger partial charge is 0.204 e. The Hall–Kier alpha value is -3.41. The number of rotatable bonds is 28. The van der Waals surface area contributed by atoms with E-state index >= 15 is 0 Å². The van der Waals surface area contributed by atoms with Crippen molar-refractivity contribution in [2.24, 2.45) is 0 Å². The fourth-order valence-corrected chi connectivity index (χ4v) is 5.81. The van der Waals surface area contributed by atoms with Gasteiger partial charge in [0, 0.05) is 17.4 Å². The standard InChI is InChI=1S/C43H64O6/c1-7-13-19-20-23-38(44)36-29-37-35(32-41(47-24-16-10-4)43(49-26-18-12-6)42(37)48-25-17-11-5)33-30-39(45-27-21-14-8-2)40(31-34(33)36)46-28-22-15-9-3/h7,29-32H,1,8-28H2,2-6H3. The number of Topliss-reactive ketones (excluding diaryl/α,β-unsaturated/α-hetero) is 1. The third-order valence-electron chi connectivity index (χ3n) is 8.81. The minimum absolute atomic E-state index is 0.112. The van der Waals surface area contributed by atoms with E-state index in [1.165, 1.54) is 0 Å². The van der Waals surface area contributed by atoms with Crippen molar-refractivity contribution in [2.75, 3.05) is 33.0 Å². The lowest BCUT2D eigenvalue weighted by molar-refractivity contribution is 0.0981. The molecule has 0 aromatic heterocycles. The quantitative estimate of drug-likeness (QED) is 0.0330. The van der Waals surface area contributed by atoms with Crippen LogP contribution in [0.15, 0.2) is 36.9 Å². The number of hydrogen-bond acceptors (Lipinski definition) is 6. The fourth-order valence-electron chi connectivity index (χ4n) is 5.81. The molecular formula is C43H64O6. The molecule has 0 atom stereocenters. The van der Waals surface area contributed by atoms with Crippen LogP contribution in [0.1, 0.15) is 148 Å². The topological polar surface area (TPSA) is 63.2 Å². The maximum Gasteiger partial charge on any atom is 0.204 e. The molecule has 3 aromatic rings. The van der Waals surface area contributed by atoms with E-state index in [2.05, 4.69) is 53.3 Å². The van der Waals surface area contributed by atoms with Gasteiger partial charge in [0.1, 0.15) is 0 Å². The summed E-state index contributed by atoms with van der Waals surface area (Å²) in [6.07, 6.45) is 17.2. The zero-order chi connectivity index (χ0) is 35.3. The monoisotopic (exact) mass is 676 g/mol. The van der Waals surface area contributed by atoms with Crippen LogP contribution in [0.3, 0.4) is 0 Å². The summed E-state index contributed by atoms with van der Waals surface area (Å²) in [5, 5.41) is 3.61. The van der Waals surface area contributed by atoms with Gasteiger partial charge in [-0.15, -0.1) is 6.58 Å². The zero-order valence-corrected chi connectivity index (χ0v) is 31.4. The number of fused-ring (bicyclic) bond motifs is 3. The van der Waals surface area contributed by atoms with E-state index in [1.807, 2.05) is 18.2 Å². The Labute approximate surface area is 296 Å². The van der Waals surface area contributed by atoms with E-state index in [0.717, 1.165) is 118 Å². The van der Waals surface area contributed by atoms with Gasteiger partial charge in [-0.2, -0.15) is 0 Å². The van der Waals surface area contributed by atoms with Crippen LogP contribution in [0.25, 0.3) is 21.5 Å². The number of allylic oxidation sites excluding steroid dienone is 1. The Kier molecular flexibility index (Phi) is 18.9. The van der Waals surface area contributed by atoms with E-state index in [9.17, 15) is 4.79 Å². The number of unbranched alkanes of at least 4 members (excludes halogenated alkanes) is 9. The second-order valence-electron chi connectivity index (χ2n) is 13.1. The van der Waals surface area contributed by atoms with Crippen molar-refractivity contribution in [1.82, 2.24) is 0 Å². The number of ether oxygens (including phenoxy) is 5. The molecule has 0 unspecified atom stereocenters. The average Bonchev–Trinajstić information content (AvgIpc) is 3.11. The second kappa shape index (κ2) is 23.1. The first-order chi connectivity index (χ1) is 24.0. The lowest BCUT2D eigenvalue weighted by atomic mass is 9.92. The number of carbonyl (C=O) groups is 1. The number of hydrogen-bond donors (Lipinski definition) is 0. The first kappa shape index (κ1) is 40.0. The van der Waals surface area contributed by atoms with E-state index in [0.29, 0.717) is 73.8 Å². The van der Waals surface area contributed by atoms with E-state index in [1.54, 1.807) is 0 Å². The summed E-state index contributed by atoms with van der Waals surface area (Å²) in [5.74, 6) is 3.48. The highest BCUT2D eigenvalue weighted by Crippen LogP contribution is 2.48. The molecule has 0 saturated heterocycles. The molecule has 0 aliphatic heterocycles. The van der Waals surface area contributed by atoms with Gasteiger partial charge in [-0.25, -0.2) is 0 Å². The predicted molar refractivity (Wildman–Crippen MR) is 206 cm³/mol. The van der Waals surface area contributed by atoms with Crippen molar-refractivity contribution >= 4 is 27.3 Å². The summed E-state index contributed by atoms with van der Waals surface area (Å²) in [7, 11) is 0. The summed E-state index contributed by atoms with van der Waals surface area (Å²) in [5.41, 5.74) is 0.677. The molecule has 0 heterocycles. The highest BCUT2D eigenvalue weighted by molar-refractivity contribution is 6.20. The normalized spacial score (nSPS) is 11.2. The molecule has 0 fully saturated rings. The number of benzene rings is 3. The van der Waals surface area contributed by atoms with Gasteiger partial charge in [0.05, 0.1) is 33.0 Å². The molecule has 272 valence electrons. The van der Waals surface area contributed by atoms with E-state index in [-0.39, 0.29) is 5.78 Å². The van der Waals surface area contributed by atoms with Gasteiger partial charge >= 0.3 is 0 Å². The molecule has 6 nitrogen and oxygen atoms in total. The van der Waals surface area contributed by atoms with Gasteiger partial charge in [0.2, 0.25) is 5.75 Å². The van der Waals surface area contributed by atoms with Crippen molar-refractivity contribution in [3.63, 3.8) is 0 Å². The molecule has 0 aliphatic rings. The molecule has 6 heteroatoms. The van der Waals surface area contributed by atoms with Gasteiger partial charge in [-0.1, -0.05) is 85.6 Å². The van der Waals surface area contributed by atoms with Gasteiger partial charge in [-0.05, 0) is 91.8 Å². The molecule has 0 N–H and O–H groups in total. The van der Waals surface area contributed by atoms with Crippen molar-refractivity contribution in [3.8, 4) is 28.7 Å². The third-order valence-corrected chi connectivity index (χ3v) is 8.81. The van der Waals surface area contributed by atoms with Crippen molar-refractivity contribution in [3.05, 3.63) is 42.5 Å². The Morgan fingerprint density at radius 1 is 0.510 bits per heavy atom. The lowest BCUT2D eigenvalue weighted by Gasteiger charge is -2.22. The zero-order valence-electron chi connectivity index (χ0n) is 31.4. The van der Waals surface area contributed by atoms with Crippen molar-refractivity contribution < 1.29 is 28.5 Å². The maximum absolute atomic E-state index is 14.1. The summed E-state index contributed by atoms with van der Waals surface area (Å²) in [6, 6.07) is 8.23. The molecule has 3 aromatic carbocycles. The van der Waals surface area contributed by atoms with Crippen molar-refractivity contribution in [2.45, 2.75) is 137 Å². The predicted octanol–water partition coefficient (Wildman–Crippen LogP) is 12.6. The lowest BCUT2D eigenvalue weighted by Crippen LogP contribution is -2.08. The van der Waals surface area contributed by atoms with Crippen LogP contribution in [0.4, 0.5) is 0 Å². The summed E-state index contributed by atoms with van der Waals surface area (Å²) >= 11 is 0. The molecule has 0 spiro atoms. The summed E-state index contributed by atoms with van der Waals surface area (Å²) in [6.45, 7) is 17.6. The van der Waals surface area contributed by atoms with E-state index in [4.69, 9.17) is 23.7 Å². The van der Waals surface area contributed by atoms with Crippen LogP contribution in [-0.2, 0) is 0 Å². The van der Waals surface area contributed by atoms with Crippen molar-refractivity contribution in [1.29, 1.82) is 0 Å². The van der Waals surface area contributed by atoms with Gasteiger partial charge in [-0.3, -0.25) is 4.79 Å². The van der Waals surface area contributed by atoms with Gasteiger partial charge in [0.25, 0.3) is 0 Å². The molecule has 0 bridgehead atoms. The number of carbonyl (C=O) groups excluding carboxylic acids is 1. The molecule has 0 amide bonds. The highest BCUT2D eigenvalue weighted by Gasteiger charge is 2.24. The summed E-state index contributed by atoms with van der Waals surface area (Å²) < 4.78 is 32.4.